The molecule has 12 nitrogen and oxygen atoms in total. The number of ether oxygens (including phenoxy) is 2. The van der Waals surface area contributed by atoms with Gasteiger partial charge in [0.2, 0.25) is 20.0 Å². The van der Waals surface area contributed by atoms with Crippen LogP contribution >= 0.6 is 0 Å². The summed E-state index contributed by atoms with van der Waals surface area (Å²) in [5, 5.41) is 19.6. The molecule has 0 saturated carbocycles. The Morgan fingerprint density at radius 1 is 1.26 bits per heavy atom. The lowest BCUT2D eigenvalue weighted by Gasteiger charge is -2.38. The van der Waals surface area contributed by atoms with Crippen molar-refractivity contribution < 1.29 is 31.4 Å². The number of pyridine rings is 1. The number of piperidine rings is 1. The zero-order chi connectivity index (χ0) is 27.8. The van der Waals surface area contributed by atoms with Gasteiger partial charge in [0.05, 0.1) is 17.1 Å². The van der Waals surface area contributed by atoms with Crippen LogP contribution in [0.5, 0.6) is 5.75 Å². The Morgan fingerprint density at radius 3 is 2.77 bits per heavy atom. The number of fused-ring (bicyclic) bond motifs is 1. The lowest BCUT2D eigenvalue weighted by molar-refractivity contribution is -0.0312. The number of primary sulfonamides is 1. The molecule has 2 saturated heterocycles. The molecular weight excluding hydrogens is 546 g/mol. The van der Waals surface area contributed by atoms with Crippen LogP contribution < -0.4 is 15.2 Å². The van der Waals surface area contributed by atoms with Crippen molar-refractivity contribution in [2.75, 3.05) is 32.8 Å². The van der Waals surface area contributed by atoms with E-state index >= 15 is 0 Å². The highest BCUT2D eigenvalue weighted by Gasteiger charge is 2.44. The average Bonchev–Trinajstić information content (AvgIpc) is 3.49. The normalized spacial score (nSPS) is 20.9. The van der Waals surface area contributed by atoms with Gasteiger partial charge in [-0.2, -0.15) is 4.31 Å². The fraction of sp³-hybridized carbons (Fsp3) is 0.480. The quantitative estimate of drug-likeness (QED) is 0.286. The molecule has 2 aliphatic rings. The van der Waals surface area contributed by atoms with Crippen LogP contribution in [0.25, 0.3) is 11.0 Å². The number of hydrogen-bond acceptors (Lipinski definition) is 9. The number of aromatic nitrogens is 2. The Balaban J connectivity index is 1.10. The molecule has 2 aliphatic heterocycles. The summed E-state index contributed by atoms with van der Waals surface area (Å²) in [5.74, 6) is 0.296. The molecule has 0 bridgehead atoms. The number of hydrogen-bond donors (Lipinski definition) is 4. The summed E-state index contributed by atoms with van der Waals surface area (Å²) in [7, 11) is -7.51. The number of aliphatic hydroxyl groups excluding tert-OH is 1. The third kappa shape index (κ3) is 6.11. The van der Waals surface area contributed by atoms with E-state index in [2.05, 4.69) is 15.3 Å². The first kappa shape index (κ1) is 28.0. The predicted molar refractivity (Wildman–Crippen MR) is 143 cm³/mol. The smallest absolute Gasteiger partial charge is 0.244 e. The van der Waals surface area contributed by atoms with E-state index < -0.39 is 31.8 Å². The second-order valence-corrected chi connectivity index (χ2v) is 13.7. The molecule has 0 amide bonds. The molecule has 1 aromatic carbocycles. The fourth-order valence-electron chi connectivity index (χ4n) is 5.16. The van der Waals surface area contributed by atoms with Gasteiger partial charge in [-0.3, -0.25) is 0 Å². The fourth-order valence-corrected chi connectivity index (χ4v) is 7.12. The van der Waals surface area contributed by atoms with Gasteiger partial charge in [-0.25, -0.2) is 27.0 Å². The number of nitrogens with zero attached hydrogens (tertiary/aromatic N) is 2. The summed E-state index contributed by atoms with van der Waals surface area (Å²) in [5.41, 5.74) is 1.20. The topological polar surface area (TPSA) is 177 Å². The van der Waals surface area contributed by atoms with Crippen LogP contribution in [0.3, 0.4) is 0 Å². The van der Waals surface area contributed by atoms with Gasteiger partial charge in [0.1, 0.15) is 29.0 Å². The monoisotopic (exact) mass is 579 g/mol. The maximum absolute atomic E-state index is 13.3. The number of benzene rings is 1. The average molecular weight is 580 g/mol. The molecule has 2 fully saturated rings. The highest BCUT2D eigenvalue weighted by molar-refractivity contribution is 7.89. The van der Waals surface area contributed by atoms with E-state index in [1.54, 1.807) is 12.1 Å². The third-order valence-electron chi connectivity index (χ3n) is 7.41. The number of aromatic amines is 1. The molecule has 5 N–H and O–H groups in total. The second kappa shape index (κ2) is 10.8. The zero-order valence-electron chi connectivity index (χ0n) is 21.5. The summed E-state index contributed by atoms with van der Waals surface area (Å²) in [6.07, 6.45) is 4.24. The largest absolute Gasteiger partial charge is 0.491 e. The summed E-state index contributed by atoms with van der Waals surface area (Å²) in [6.45, 7) is 3.30. The SMILES string of the molecule is Cc1c[nH]c2ncc(S(=O)(=O)N3CCC4(CC3)C[C@@H](NC[C@H](O)COc3cccc(S(N)(=O)=O)c3)CO4)cc12. The number of rotatable bonds is 9. The summed E-state index contributed by atoms with van der Waals surface area (Å²) < 4.78 is 62.7. The van der Waals surface area contributed by atoms with Gasteiger partial charge in [0.15, 0.2) is 0 Å². The number of aryl methyl sites for hydroxylation is 1. The first-order valence-electron chi connectivity index (χ1n) is 12.7. The molecule has 5 rings (SSSR count). The molecule has 39 heavy (non-hydrogen) atoms. The molecule has 3 aromatic rings. The van der Waals surface area contributed by atoms with Gasteiger partial charge < -0.3 is 24.9 Å². The van der Waals surface area contributed by atoms with Gasteiger partial charge in [0, 0.05) is 49.5 Å². The van der Waals surface area contributed by atoms with Crippen molar-refractivity contribution in [3.05, 3.63) is 48.3 Å². The van der Waals surface area contributed by atoms with Gasteiger partial charge in [-0.15, -0.1) is 0 Å². The van der Waals surface area contributed by atoms with E-state index in [0.717, 1.165) is 10.9 Å². The number of H-pyrrole nitrogens is 1. The minimum Gasteiger partial charge on any atom is -0.491 e. The highest BCUT2D eigenvalue weighted by atomic mass is 32.2. The van der Waals surface area contributed by atoms with Crippen LogP contribution in [-0.2, 0) is 24.8 Å². The first-order chi connectivity index (χ1) is 18.5. The summed E-state index contributed by atoms with van der Waals surface area (Å²) in [4.78, 5) is 7.43. The molecule has 0 aliphatic carbocycles. The van der Waals surface area contributed by atoms with E-state index in [9.17, 15) is 21.9 Å². The van der Waals surface area contributed by atoms with Crippen molar-refractivity contribution in [2.24, 2.45) is 5.14 Å². The molecule has 14 heteroatoms. The summed E-state index contributed by atoms with van der Waals surface area (Å²) in [6, 6.07) is 7.47. The van der Waals surface area contributed by atoms with E-state index in [-0.39, 0.29) is 29.0 Å². The Labute approximate surface area is 227 Å². The molecule has 212 valence electrons. The van der Waals surface area contributed by atoms with Crippen LogP contribution in [0.4, 0.5) is 0 Å². The van der Waals surface area contributed by atoms with Crippen LogP contribution in [0.1, 0.15) is 24.8 Å². The van der Waals surface area contributed by atoms with E-state index in [0.29, 0.717) is 50.4 Å². The van der Waals surface area contributed by atoms with E-state index in [1.807, 2.05) is 13.1 Å². The van der Waals surface area contributed by atoms with Crippen LogP contribution in [0.2, 0.25) is 0 Å². The van der Waals surface area contributed by atoms with Crippen molar-refractivity contribution in [1.82, 2.24) is 19.6 Å². The van der Waals surface area contributed by atoms with Crippen LogP contribution in [-0.4, -0.2) is 86.8 Å². The second-order valence-electron chi connectivity index (χ2n) is 10.2. The minimum absolute atomic E-state index is 0.0108. The van der Waals surface area contributed by atoms with Gasteiger partial charge in [-0.05, 0) is 49.9 Å². The number of nitrogens with one attached hydrogen (secondary N) is 2. The van der Waals surface area contributed by atoms with Gasteiger partial charge in [0.25, 0.3) is 0 Å². The summed E-state index contributed by atoms with van der Waals surface area (Å²) >= 11 is 0. The van der Waals surface area contributed by atoms with Crippen molar-refractivity contribution >= 4 is 31.1 Å². The molecule has 4 heterocycles. The Kier molecular flexibility index (Phi) is 7.72. The third-order valence-corrected chi connectivity index (χ3v) is 10.2. The minimum atomic E-state index is -3.84. The van der Waals surface area contributed by atoms with Crippen molar-refractivity contribution in [3.63, 3.8) is 0 Å². The number of sulfonamides is 2. The lowest BCUT2D eigenvalue weighted by atomic mass is 9.88. The Morgan fingerprint density at radius 2 is 2.03 bits per heavy atom. The molecule has 0 radical (unpaired) electrons. The predicted octanol–water partition coefficient (Wildman–Crippen LogP) is 0.860. The zero-order valence-corrected chi connectivity index (χ0v) is 23.2. The molecule has 1 spiro atoms. The van der Waals surface area contributed by atoms with Crippen LogP contribution in [0, 0.1) is 6.92 Å². The van der Waals surface area contributed by atoms with Gasteiger partial charge >= 0.3 is 0 Å². The van der Waals surface area contributed by atoms with Crippen molar-refractivity contribution in [3.8, 4) is 5.75 Å². The molecule has 2 atom stereocenters. The molecule has 0 unspecified atom stereocenters. The molecular formula is C25H33N5O7S2. The first-order valence-corrected chi connectivity index (χ1v) is 15.7. The van der Waals surface area contributed by atoms with Crippen molar-refractivity contribution in [2.45, 2.75) is 53.7 Å². The van der Waals surface area contributed by atoms with E-state index in [4.69, 9.17) is 14.6 Å². The van der Waals surface area contributed by atoms with E-state index in [1.165, 1.54) is 28.7 Å². The lowest BCUT2D eigenvalue weighted by Crippen LogP contribution is -2.47. The highest BCUT2D eigenvalue weighted by Crippen LogP contribution is 2.37. The standard InChI is InChI=1S/C25H33N5O7S2/c1-17-12-28-24-23(17)10-22(14-29-24)39(34,35)30-7-5-25(6-8-30)11-18(15-37-25)27-13-19(31)16-36-20-3-2-4-21(9-20)38(26,32)33/h2-4,9-10,12,14,18-19,27,31H,5-8,11,13,15-16H2,1H3,(H,28,29)(H2,26,32,33)/t18-,19+/m1/s1. The van der Waals surface area contributed by atoms with Crippen molar-refractivity contribution in [1.29, 1.82) is 0 Å². The number of nitrogens with two attached hydrogens (primary N) is 1. The Hall–Kier alpha value is -2.59. The number of aliphatic hydroxyl groups is 1. The Bertz CT molecular complexity index is 1550. The van der Waals surface area contributed by atoms with Gasteiger partial charge in [-0.1, -0.05) is 6.07 Å². The van der Waals surface area contributed by atoms with Crippen LogP contribution in [0.15, 0.2) is 52.5 Å². The maximum Gasteiger partial charge on any atom is 0.244 e. The molecule has 2 aromatic heterocycles. The maximum atomic E-state index is 13.3.